The predicted molar refractivity (Wildman–Crippen MR) is 76.6 cm³/mol. The summed E-state index contributed by atoms with van der Waals surface area (Å²) in [6.45, 7) is 9.29. The molecule has 1 fully saturated rings. The lowest BCUT2D eigenvalue weighted by molar-refractivity contribution is -0.335. The fourth-order valence-corrected chi connectivity index (χ4v) is 3.13. The van der Waals surface area contributed by atoms with Crippen LogP contribution < -0.4 is 5.73 Å². The van der Waals surface area contributed by atoms with Gasteiger partial charge in [0.05, 0.1) is 12.2 Å². The van der Waals surface area contributed by atoms with Crippen molar-refractivity contribution in [3.63, 3.8) is 0 Å². The molecule has 1 aliphatic heterocycles. The number of nitrogens with two attached hydrogens (primary N) is 1. The van der Waals surface area contributed by atoms with E-state index >= 15 is 0 Å². The van der Waals surface area contributed by atoms with Crippen molar-refractivity contribution in [2.75, 3.05) is 0 Å². The van der Waals surface area contributed by atoms with Crippen LogP contribution in [0, 0.1) is 23.7 Å². The number of primary amides is 1. The molecule has 20 heavy (non-hydrogen) atoms. The van der Waals surface area contributed by atoms with Gasteiger partial charge in [0.2, 0.25) is 5.91 Å². The van der Waals surface area contributed by atoms with E-state index in [4.69, 9.17) is 10.5 Å². The normalized spacial score (nSPS) is 41.1. The van der Waals surface area contributed by atoms with E-state index in [1.54, 1.807) is 6.92 Å². The number of hydrogen-bond acceptors (Lipinski definition) is 4. The first-order chi connectivity index (χ1) is 9.15. The molecule has 0 aromatic carbocycles. The number of aliphatic hydroxyl groups excluding tert-OH is 1. The Morgan fingerprint density at radius 1 is 1.40 bits per heavy atom. The van der Waals surface area contributed by atoms with Gasteiger partial charge >= 0.3 is 0 Å². The molecular formula is C15H29NO4. The van der Waals surface area contributed by atoms with Gasteiger partial charge < -0.3 is 20.7 Å². The van der Waals surface area contributed by atoms with Crippen LogP contribution >= 0.6 is 0 Å². The highest BCUT2D eigenvalue weighted by atomic mass is 16.6. The first kappa shape index (κ1) is 17.4. The molecule has 5 nitrogen and oxygen atoms in total. The molecule has 1 amide bonds. The molecule has 0 aromatic heterocycles. The number of carbonyl (C=O) groups excluding carboxylic acids is 1. The van der Waals surface area contributed by atoms with Gasteiger partial charge in [-0.2, -0.15) is 0 Å². The second-order valence-electron chi connectivity index (χ2n) is 6.36. The van der Waals surface area contributed by atoms with Crippen LogP contribution in [0.15, 0.2) is 0 Å². The summed E-state index contributed by atoms with van der Waals surface area (Å²) in [6, 6.07) is 0. The van der Waals surface area contributed by atoms with Crippen LogP contribution in [0.2, 0.25) is 0 Å². The molecule has 4 N–H and O–H groups in total. The topological polar surface area (TPSA) is 92.8 Å². The summed E-state index contributed by atoms with van der Waals surface area (Å²) >= 11 is 0. The summed E-state index contributed by atoms with van der Waals surface area (Å²) in [6.07, 6.45) is 0.237. The minimum Gasteiger partial charge on any atom is -0.392 e. The third-order valence-corrected chi connectivity index (χ3v) is 5.06. The molecule has 1 heterocycles. The Morgan fingerprint density at radius 3 is 2.40 bits per heavy atom. The van der Waals surface area contributed by atoms with Crippen LogP contribution in [0.3, 0.4) is 0 Å². The van der Waals surface area contributed by atoms with Gasteiger partial charge in [0.25, 0.3) is 0 Å². The van der Waals surface area contributed by atoms with Gasteiger partial charge in [-0.1, -0.05) is 27.7 Å². The summed E-state index contributed by atoms with van der Waals surface area (Å²) in [7, 11) is 0. The van der Waals surface area contributed by atoms with Gasteiger partial charge in [0.15, 0.2) is 5.79 Å². The van der Waals surface area contributed by atoms with Gasteiger partial charge in [-0.25, -0.2) is 0 Å². The van der Waals surface area contributed by atoms with E-state index in [1.807, 2.05) is 27.7 Å². The molecular weight excluding hydrogens is 258 g/mol. The molecule has 0 aliphatic carbocycles. The quantitative estimate of drug-likeness (QED) is 0.710. The zero-order valence-electron chi connectivity index (χ0n) is 13.2. The van der Waals surface area contributed by atoms with Crippen LogP contribution in [0.1, 0.15) is 47.5 Å². The van der Waals surface area contributed by atoms with Crippen LogP contribution in [-0.4, -0.2) is 34.1 Å². The van der Waals surface area contributed by atoms with Gasteiger partial charge in [0.1, 0.15) is 0 Å². The lowest BCUT2D eigenvalue weighted by atomic mass is 9.74. The molecule has 5 heteroatoms. The largest absolute Gasteiger partial charge is 0.392 e. The molecule has 7 atom stereocenters. The number of aliphatic hydroxyl groups is 2. The highest BCUT2D eigenvalue weighted by Gasteiger charge is 2.51. The molecule has 1 saturated heterocycles. The van der Waals surface area contributed by atoms with Crippen molar-refractivity contribution in [2.24, 2.45) is 29.4 Å². The average molecular weight is 287 g/mol. The standard InChI is InChI=1S/C15H29NO4/c1-6-12(14(16)18)7-8(2)15(19)10(4)13(17)9(3)11(5)20-15/h8-13,17,19H,6-7H2,1-5H3,(H2,16,18)/t8-,9-,10-,11-,12-,13-,15+/m0/s1. The molecule has 0 bridgehead atoms. The maximum atomic E-state index is 11.4. The smallest absolute Gasteiger partial charge is 0.220 e. The van der Waals surface area contributed by atoms with Gasteiger partial charge in [0, 0.05) is 23.7 Å². The third kappa shape index (κ3) is 3.15. The van der Waals surface area contributed by atoms with Crippen molar-refractivity contribution in [3.05, 3.63) is 0 Å². The van der Waals surface area contributed by atoms with E-state index in [9.17, 15) is 15.0 Å². The lowest BCUT2D eigenvalue weighted by Gasteiger charge is -2.50. The summed E-state index contributed by atoms with van der Waals surface area (Å²) in [5, 5.41) is 21.1. The van der Waals surface area contributed by atoms with E-state index in [0.29, 0.717) is 12.8 Å². The molecule has 1 rings (SSSR count). The number of rotatable bonds is 5. The Bertz CT molecular complexity index is 349. The fraction of sp³-hybridized carbons (Fsp3) is 0.933. The Kier molecular flexibility index (Phi) is 5.58. The maximum Gasteiger partial charge on any atom is 0.220 e. The van der Waals surface area contributed by atoms with Crippen molar-refractivity contribution in [1.29, 1.82) is 0 Å². The number of ether oxygens (including phenoxy) is 1. The second-order valence-corrected chi connectivity index (χ2v) is 6.36. The van der Waals surface area contributed by atoms with E-state index in [2.05, 4.69) is 0 Å². The number of amides is 1. The van der Waals surface area contributed by atoms with E-state index in [1.165, 1.54) is 0 Å². The fourth-order valence-electron chi connectivity index (χ4n) is 3.13. The molecule has 0 spiro atoms. The second kappa shape index (κ2) is 6.41. The molecule has 118 valence electrons. The molecule has 0 saturated carbocycles. The number of hydrogen-bond donors (Lipinski definition) is 3. The molecule has 1 aliphatic rings. The zero-order chi connectivity index (χ0) is 15.7. The van der Waals surface area contributed by atoms with Crippen LogP contribution in [-0.2, 0) is 9.53 Å². The van der Waals surface area contributed by atoms with E-state index < -0.39 is 17.8 Å². The number of carbonyl (C=O) groups is 1. The maximum absolute atomic E-state index is 11.4. The van der Waals surface area contributed by atoms with Crippen LogP contribution in [0.5, 0.6) is 0 Å². The molecule has 0 unspecified atom stereocenters. The SMILES string of the molecule is CC[C@@H](C[C@H](C)[C@@]1(O)O[C@@H](C)[C@H](C)[C@H](O)[C@@H]1C)C(N)=O. The van der Waals surface area contributed by atoms with Crippen molar-refractivity contribution >= 4 is 5.91 Å². The Hall–Kier alpha value is -0.650. The average Bonchev–Trinajstić information content (AvgIpc) is 2.39. The van der Waals surface area contributed by atoms with Crippen molar-refractivity contribution in [1.82, 2.24) is 0 Å². The predicted octanol–water partition coefficient (Wildman–Crippen LogP) is 1.26. The van der Waals surface area contributed by atoms with Crippen molar-refractivity contribution in [3.8, 4) is 0 Å². The molecule has 0 aromatic rings. The lowest BCUT2D eigenvalue weighted by Crippen LogP contribution is -2.59. The van der Waals surface area contributed by atoms with Crippen LogP contribution in [0.25, 0.3) is 0 Å². The Labute approximate surface area is 121 Å². The van der Waals surface area contributed by atoms with Gasteiger partial charge in [-0.05, 0) is 19.8 Å². The highest BCUT2D eigenvalue weighted by Crippen LogP contribution is 2.42. The summed E-state index contributed by atoms with van der Waals surface area (Å²) in [4.78, 5) is 11.4. The van der Waals surface area contributed by atoms with Gasteiger partial charge in [-0.3, -0.25) is 4.79 Å². The van der Waals surface area contributed by atoms with Gasteiger partial charge in [-0.15, -0.1) is 0 Å². The Morgan fingerprint density at radius 2 is 1.95 bits per heavy atom. The Balaban J connectivity index is 2.88. The van der Waals surface area contributed by atoms with Crippen molar-refractivity contribution < 1.29 is 19.7 Å². The highest BCUT2D eigenvalue weighted by molar-refractivity contribution is 5.76. The van der Waals surface area contributed by atoms with E-state index in [-0.39, 0.29) is 29.8 Å². The monoisotopic (exact) mass is 287 g/mol. The van der Waals surface area contributed by atoms with E-state index in [0.717, 1.165) is 0 Å². The summed E-state index contributed by atoms with van der Waals surface area (Å²) in [5.41, 5.74) is 5.37. The first-order valence-corrected chi connectivity index (χ1v) is 7.52. The van der Waals surface area contributed by atoms with Crippen LogP contribution in [0.4, 0.5) is 0 Å². The van der Waals surface area contributed by atoms with Crippen molar-refractivity contribution in [2.45, 2.75) is 65.5 Å². The molecule has 0 radical (unpaired) electrons. The third-order valence-electron chi connectivity index (χ3n) is 5.06. The first-order valence-electron chi connectivity index (χ1n) is 7.52. The zero-order valence-corrected chi connectivity index (χ0v) is 13.2. The summed E-state index contributed by atoms with van der Waals surface area (Å²) < 4.78 is 5.80. The minimum absolute atomic E-state index is 0.0319. The summed E-state index contributed by atoms with van der Waals surface area (Å²) in [5.74, 6) is -2.77. The minimum atomic E-state index is -1.42.